The summed E-state index contributed by atoms with van der Waals surface area (Å²) in [4.78, 5) is 24.4. The van der Waals surface area contributed by atoms with Crippen LogP contribution in [-0.4, -0.2) is 31.7 Å². The van der Waals surface area contributed by atoms with Crippen LogP contribution in [0.15, 0.2) is 77.9 Å². The van der Waals surface area contributed by atoms with Gasteiger partial charge in [-0.15, -0.1) is 0 Å². The molecule has 7 heteroatoms. The van der Waals surface area contributed by atoms with E-state index >= 15 is 0 Å². The van der Waals surface area contributed by atoms with Crippen LogP contribution in [-0.2, 0) is 4.79 Å². The average Bonchev–Trinajstić information content (AvgIpc) is 2.79. The number of hydrazone groups is 1. The van der Waals surface area contributed by atoms with Crippen LogP contribution in [0.1, 0.15) is 21.5 Å². The van der Waals surface area contributed by atoms with Crippen LogP contribution < -0.4 is 20.2 Å². The first-order valence-electron chi connectivity index (χ1n) is 9.61. The Bertz CT molecular complexity index is 1080. The van der Waals surface area contributed by atoms with Gasteiger partial charge in [0.1, 0.15) is 11.5 Å². The highest BCUT2D eigenvalue weighted by atomic mass is 16.5. The third kappa shape index (κ3) is 6.17. The van der Waals surface area contributed by atoms with E-state index < -0.39 is 0 Å². The summed E-state index contributed by atoms with van der Waals surface area (Å²) in [5.41, 5.74) is 5.25. The lowest BCUT2D eigenvalue weighted by atomic mass is 10.1. The third-order valence-corrected chi connectivity index (χ3v) is 4.34. The molecule has 3 aromatic carbocycles. The SMILES string of the molecule is COc1ccccc1NC(=O)COc1ccccc1/C=N/NC(=O)c1ccc(C)cc1. The molecule has 0 saturated carbocycles. The number of benzene rings is 3. The predicted molar refractivity (Wildman–Crippen MR) is 120 cm³/mol. The molecule has 0 aromatic heterocycles. The molecule has 158 valence electrons. The quantitative estimate of drug-likeness (QED) is 0.431. The van der Waals surface area contributed by atoms with Crippen LogP contribution in [0.25, 0.3) is 0 Å². The summed E-state index contributed by atoms with van der Waals surface area (Å²) < 4.78 is 10.9. The number of amides is 2. The smallest absolute Gasteiger partial charge is 0.271 e. The fourth-order valence-corrected chi connectivity index (χ4v) is 2.73. The summed E-state index contributed by atoms with van der Waals surface area (Å²) in [5, 5.41) is 6.75. The van der Waals surface area contributed by atoms with E-state index in [9.17, 15) is 9.59 Å². The number of carbonyl (C=O) groups is 2. The summed E-state index contributed by atoms with van der Waals surface area (Å²) in [7, 11) is 1.54. The van der Waals surface area contributed by atoms with E-state index in [2.05, 4.69) is 15.8 Å². The molecular formula is C24H23N3O4. The second-order valence-electron chi connectivity index (χ2n) is 6.64. The summed E-state index contributed by atoms with van der Waals surface area (Å²) >= 11 is 0. The van der Waals surface area contributed by atoms with Crippen molar-refractivity contribution >= 4 is 23.7 Å². The highest BCUT2D eigenvalue weighted by molar-refractivity contribution is 5.95. The van der Waals surface area contributed by atoms with Crippen molar-refractivity contribution < 1.29 is 19.1 Å². The maximum absolute atomic E-state index is 12.3. The number of carbonyl (C=O) groups excluding carboxylic acids is 2. The van der Waals surface area contributed by atoms with Crippen molar-refractivity contribution in [1.29, 1.82) is 0 Å². The van der Waals surface area contributed by atoms with Crippen LogP contribution >= 0.6 is 0 Å². The number of nitrogens with zero attached hydrogens (tertiary/aromatic N) is 1. The predicted octanol–water partition coefficient (Wildman–Crippen LogP) is 3.79. The number of rotatable bonds is 8. The molecule has 2 amide bonds. The van der Waals surface area contributed by atoms with Crippen LogP contribution in [0.5, 0.6) is 11.5 Å². The van der Waals surface area contributed by atoms with Gasteiger partial charge >= 0.3 is 0 Å². The Morgan fingerprint density at radius 3 is 2.35 bits per heavy atom. The number of methoxy groups -OCH3 is 1. The Morgan fingerprint density at radius 1 is 0.935 bits per heavy atom. The van der Waals surface area contributed by atoms with Gasteiger partial charge < -0.3 is 14.8 Å². The van der Waals surface area contributed by atoms with Gasteiger partial charge in [-0.1, -0.05) is 42.0 Å². The molecule has 0 saturated heterocycles. The number of hydrogen-bond acceptors (Lipinski definition) is 5. The van der Waals surface area contributed by atoms with E-state index in [1.807, 2.05) is 31.2 Å². The molecule has 0 aliphatic carbocycles. The summed E-state index contributed by atoms with van der Waals surface area (Å²) in [6, 6.07) is 21.4. The molecular weight excluding hydrogens is 394 g/mol. The molecule has 0 heterocycles. The fourth-order valence-electron chi connectivity index (χ4n) is 2.73. The Hall–Kier alpha value is -4.13. The minimum absolute atomic E-state index is 0.196. The number of aryl methyl sites for hydroxylation is 1. The van der Waals surface area contributed by atoms with Crippen molar-refractivity contribution in [3.63, 3.8) is 0 Å². The van der Waals surface area contributed by atoms with E-state index in [-0.39, 0.29) is 18.4 Å². The summed E-state index contributed by atoms with van der Waals surface area (Å²) in [6.45, 7) is 1.76. The molecule has 0 radical (unpaired) electrons. The van der Waals surface area contributed by atoms with Gasteiger partial charge in [-0.3, -0.25) is 9.59 Å². The molecule has 0 atom stereocenters. The molecule has 31 heavy (non-hydrogen) atoms. The highest BCUT2D eigenvalue weighted by Gasteiger charge is 2.09. The monoisotopic (exact) mass is 417 g/mol. The van der Waals surface area contributed by atoms with E-state index in [1.165, 1.54) is 13.3 Å². The lowest BCUT2D eigenvalue weighted by molar-refractivity contribution is -0.118. The molecule has 3 rings (SSSR count). The van der Waals surface area contributed by atoms with Crippen LogP contribution in [0.2, 0.25) is 0 Å². The number of hydrogen-bond donors (Lipinski definition) is 2. The minimum Gasteiger partial charge on any atom is -0.495 e. The Kier molecular flexibility index (Phi) is 7.37. The van der Waals surface area contributed by atoms with Gasteiger partial charge in [0.2, 0.25) is 0 Å². The first-order valence-corrected chi connectivity index (χ1v) is 9.61. The molecule has 0 fully saturated rings. The molecule has 0 spiro atoms. The van der Waals surface area contributed by atoms with Gasteiger partial charge in [0.15, 0.2) is 6.61 Å². The Balaban J connectivity index is 1.58. The maximum Gasteiger partial charge on any atom is 0.271 e. The standard InChI is InChI=1S/C24H23N3O4/c1-17-11-13-18(14-12-17)24(29)27-25-15-19-7-3-5-9-21(19)31-16-23(28)26-20-8-4-6-10-22(20)30-2/h3-15H,16H2,1-2H3,(H,26,28)(H,27,29)/b25-15+. The topological polar surface area (TPSA) is 89.0 Å². The van der Waals surface area contributed by atoms with Gasteiger partial charge in [0.25, 0.3) is 11.8 Å². The minimum atomic E-state index is -0.330. The first kappa shape index (κ1) is 21.6. The highest BCUT2D eigenvalue weighted by Crippen LogP contribution is 2.23. The van der Waals surface area contributed by atoms with E-state index in [0.717, 1.165) is 5.56 Å². The normalized spacial score (nSPS) is 10.5. The Labute approximate surface area is 180 Å². The van der Waals surface area contributed by atoms with Crippen LogP contribution in [0, 0.1) is 6.92 Å². The molecule has 0 aliphatic rings. The average molecular weight is 417 g/mol. The van der Waals surface area contributed by atoms with Crippen molar-refractivity contribution in [2.75, 3.05) is 19.0 Å². The number of nitrogens with one attached hydrogen (secondary N) is 2. The van der Waals surface area contributed by atoms with E-state index in [4.69, 9.17) is 9.47 Å². The Morgan fingerprint density at radius 2 is 1.61 bits per heavy atom. The number of ether oxygens (including phenoxy) is 2. The van der Waals surface area contributed by atoms with Crippen molar-refractivity contribution in [3.8, 4) is 11.5 Å². The van der Waals surface area contributed by atoms with Crippen LogP contribution in [0.3, 0.4) is 0 Å². The van der Waals surface area contributed by atoms with Crippen molar-refractivity contribution in [3.05, 3.63) is 89.5 Å². The van der Waals surface area contributed by atoms with Crippen molar-refractivity contribution in [2.45, 2.75) is 6.92 Å². The first-order chi connectivity index (χ1) is 15.1. The second kappa shape index (κ2) is 10.6. The second-order valence-corrected chi connectivity index (χ2v) is 6.64. The van der Waals surface area contributed by atoms with Gasteiger partial charge in [-0.05, 0) is 43.3 Å². The van der Waals surface area contributed by atoms with Gasteiger partial charge in [-0.25, -0.2) is 5.43 Å². The lowest BCUT2D eigenvalue weighted by Crippen LogP contribution is -2.21. The molecule has 7 nitrogen and oxygen atoms in total. The zero-order valence-corrected chi connectivity index (χ0v) is 17.3. The zero-order valence-electron chi connectivity index (χ0n) is 17.3. The van der Waals surface area contributed by atoms with Gasteiger partial charge in [-0.2, -0.15) is 5.10 Å². The third-order valence-electron chi connectivity index (χ3n) is 4.34. The maximum atomic E-state index is 12.3. The van der Waals surface area contributed by atoms with E-state index in [0.29, 0.717) is 28.3 Å². The largest absolute Gasteiger partial charge is 0.495 e. The number of para-hydroxylation sites is 3. The van der Waals surface area contributed by atoms with Crippen molar-refractivity contribution in [2.24, 2.45) is 5.10 Å². The summed E-state index contributed by atoms with van der Waals surface area (Å²) in [5.74, 6) is 0.383. The van der Waals surface area contributed by atoms with Crippen molar-refractivity contribution in [1.82, 2.24) is 5.43 Å². The van der Waals surface area contributed by atoms with Gasteiger partial charge in [0.05, 0.1) is 19.0 Å². The van der Waals surface area contributed by atoms with Crippen LogP contribution in [0.4, 0.5) is 5.69 Å². The summed E-state index contributed by atoms with van der Waals surface area (Å²) in [6.07, 6.45) is 1.47. The fraction of sp³-hybridized carbons (Fsp3) is 0.125. The molecule has 0 aliphatic heterocycles. The molecule has 0 bridgehead atoms. The van der Waals surface area contributed by atoms with E-state index in [1.54, 1.807) is 48.5 Å². The lowest BCUT2D eigenvalue weighted by Gasteiger charge is -2.11. The number of anilines is 1. The molecule has 2 N–H and O–H groups in total. The zero-order chi connectivity index (χ0) is 22.1. The molecule has 3 aromatic rings. The van der Waals surface area contributed by atoms with Gasteiger partial charge in [0, 0.05) is 11.1 Å². The molecule has 0 unspecified atom stereocenters.